The van der Waals surface area contributed by atoms with Crippen LogP contribution in [0.2, 0.25) is 0 Å². The van der Waals surface area contributed by atoms with Crippen molar-refractivity contribution in [3.05, 3.63) is 29.3 Å². The van der Waals surface area contributed by atoms with E-state index in [1.807, 2.05) is 32.0 Å². The van der Waals surface area contributed by atoms with Crippen LogP contribution in [-0.2, 0) is 6.42 Å². The standard InChI is InChI=1S/C16H19NO2/c1-16(2,11-17)9-10-19-15-8-4-5-12-13(15)6-3-7-14(12)18/h4-5,8H,3,6-7,9-10H2,1-2H3. The van der Waals surface area contributed by atoms with Crippen LogP contribution in [0.25, 0.3) is 0 Å². The Labute approximate surface area is 114 Å². The molecule has 0 aromatic heterocycles. The third-order valence-corrected chi connectivity index (χ3v) is 3.55. The lowest BCUT2D eigenvalue weighted by Gasteiger charge is -2.20. The van der Waals surface area contributed by atoms with E-state index in [0.29, 0.717) is 19.4 Å². The lowest BCUT2D eigenvalue weighted by atomic mass is 9.90. The van der Waals surface area contributed by atoms with Gasteiger partial charge in [-0.15, -0.1) is 0 Å². The maximum atomic E-state index is 11.8. The molecule has 0 spiro atoms. The topological polar surface area (TPSA) is 50.1 Å². The van der Waals surface area contributed by atoms with E-state index in [2.05, 4.69) is 6.07 Å². The molecule has 0 saturated carbocycles. The SMILES string of the molecule is CC(C)(C#N)CCOc1cccc2c1CCCC2=O. The van der Waals surface area contributed by atoms with Crippen LogP contribution in [-0.4, -0.2) is 12.4 Å². The number of hydrogen-bond donors (Lipinski definition) is 0. The minimum absolute atomic E-state index is 0.212. The molecule has 3 heteroatoms. The minimum atomic E-state index is -0.370. The minimum Gasteiger partial charge on any atom is -0.493 e. The van der Waals surface area contributed by atoms with Crippen molar-refractivity contribution in [3.63, 3.8) is 0 Å². The summed E-state index contributed by atoms with van der Waals surface area (Å²) in [6.45, 7) is 4.31. The molecule has 0 N–H and O–H groups in total. The zero-order chi connectivity index (χ0) is 13.9. The molecule has 0 heterocycles. The fourth-order valence-corrected chi connectivity index (χ4v) is 2.25. The molecule has 100 valence electrons. The molecule has 1 aromatic carbocycles. The molecular formula is C16H19NO2. The second-order valence-electron chi connectivity index (χ2n) is 5.65. The van der Waals surface area contributed by atoms with E-state index >= 15 is 0 Å². The first-order valence-corrected chi connectivity index (χ1v) is 6.73. The zero-order valence-electron chi connectivity index (χ0n) is 11.5. The molecule has 0 unspecified atom stereocenters. The van der Waals surface area contributed by atoms with Crippen LogP contribution in [0.3, 0.4) is 0 Å². The van der Waals surface area contributed by atoms with E-state index < -0.39 is 0 Å². The van der Waals surface area contributed by atoms with Crippen molar-refractivity contribution in [3.8, 4) is 11.8 Å². The number of nitrogens with zero attached hydrogens (tertiary/aromatic N) is 1. The Hall–Kier alpha value is -1.82. The molecular weight excluding hydrogens is 238 g/mol. The van der Waals surface area contributed by atoms with Gasteiger partial charge in [0.05, 0.1) is 18.1 Å². The van der Waals surface area contributed by atoms with Gasteiger partial charge in [-0.25, -0.2) is 0 Å². The van der Waals surface area contributed by atoms with Crippen molar-refractivity contribution in [1.29, 1.82) is 5.26 Å². The molecule has 1 aliphatic carbocycles. The van der Waals surface area contributed by atoms with E-state index in [1.165, 1.54) is 0 Å². The van der Waals surface area contributed by atoms with Crippen molar-refractivity contribution in [2.75, 3.05) is 6.61 Å². The van der Waals surface area contributed by atoms with Crippen molar-refractivity contribution in [1.82, 2.24) is 0 Å². The number of carbonyl (C=O) groups excluding carboxylic acids is 1. The average Bonchev–Trinajstić information content (AvgIpc) is 2.40. The lowest BCUT2D eigenvalue weighted by Crippen LogP contribution is -2.16. The molecule has 0 fully saturated rings. The first-order chi connectivity index (χ1) is 9.03. The molecule has 0 radical (unpaired) electrons. The van der Waals surface area contributed by atoms with Crippen LogP contribution in [0.1, 0.15) is 49.0 Å². The van der Waals surface area contributed by atoms with Crippen molar-refractivity contribution >= 4 is 5.78 Å². The van der Waals surface area contributed by atoms with Crippen molar-refractivity contribution in [2.45, 2.75) is 39.5 Å². The van der Waals surface area contributed by atoms with Gasteiger partial charge < -0.3 is 4.74 Å². The van der Waals surface area contributed by atoms with Gasteiger partial charge in [0.1, 0.15) is 5.75 Å². The molecule has 3 nitrogen and oxygen atoms in total. The van der Waals surface area contributed by atoms with Gasteiger partial charge in [0.2, 0.25) is 0 Å². The van der Waals surface area contributed by atoms with Crippen LogP contribution in [0.5, 0.6) is 5.75 Å². The summed E-state index contributed by atoms with van der Waals surface area (Å²) in [5, 5.41) is 8.97. The van der Waals surface area contributed by atoms with Gasteiger partial charge in [0.25, 0.3) is 0 Å². The van der Waals surface area contributed by atoms with Gasteiger partial charge in [-0.2, -0.15) is 5.26 Å². The Kier molecular flexibility index (Phi) is 3.90. The molecule has 0 amide bonds. The predicted molar refractivity (Wildman–Crippen MR) is 73.2 cm³/mol. The Bertz CT molecular complexity index is 526. The summed E-state index contributed by atoms with van der Waals surface area (Å²) in [7, 11) is 0. The quantitative estimate of drug-likeness (QED) is 0.829. The zero-order valence-corrected chi connectivity index (χ0v) is 11.5. The van der Waals surface area contributed by atoms with Gasteiger partial charge in [-0.1, -0.05) is 12.1 Å². The number of ketones is 1. The molecule has 0 aliphatic heterocycles. The van der Waals surface area contributed by atoms with Crippen LogP contribution in [0.4, 0.5) is 0 Å². The summed E-state index contributed by atoms with van der Waals surface area (Å²) < 4.78 is 5.79. The highest BCUT2D eigenvalue weighted by atomic mass is 16.5. The highest BCUT2D eigenvalue weighted by Crippen LogP contribution is 2.30. The largest absolute Gasteiger partial charge is 0.493 e. The van der Waals surface area contributed by atoms with Crippen LogP contribution in [0.15, 0.2) is 18.2 Å². The first kappa shape index (κ1) is 13.6. The Morgan fingerprint density at radius 2 is 2.16 bits per heavy atom. The summed E-state index contributed by atoms with van der Waals surface area (Å²) in [6, 6.07) is 7.92. The number of Topliss-reactive ketones (excluding diaryl/α,β-unsaturated/α-hetero) is 1. The summed E-state index contributed by atoms with van der Waals surface area (Å²) >= 11 is 0. The van der Waals surface area contributed by atoms with Crippen molar-refractivity contribution < 1.29 is 9.53 Å². The van der Waals surface area contributed by atoms with E-state index in [9.17, 15) is 4.79 Å². The number of ether oxygens (including phenoxy) is 1. The van der Waals surface area contributed by atoms with Crippen LogP contribution < -0.4 is 4.74 Å². The molecule has 1 aliphatic rings. The Balaban J connectivity index is 2.08. The van der Waals surface area contributed by atoms with Crippen LogP contribution >= 0.6 is 0 Å². The summed E-state index contributed by atoms with van der Waals surface area (Å²) in [6.07, 6.45) is 3.12. The number of nitriles is 1. The first-order valence-electron chi connectivity index (χ1n) is 6.73. The Morgan fingerprint density at radius 1 is 1.37 bits per heavy atom. The normalized spacial score (nSPS) is 14.7. The van der Waals surface area contributed by atoms with Gasteiger partial charge in [0.15, 0.2) is 5.78 Å². The second kappa shape index (κ2) is 5.44. The molecule has 1 aromatic rings. The summed E-state index contributed by atoms with van der Waals surface area (Å²) in [4.78, 5) is 11.8. The number of rotatable bonds is 4. The molecule has 2 rings (SSSR count). The monoisotopic (exact) mass is 257 g/mol. The van der Waals surface area contributed by atoms with Gasteiger partial charge in [-0.05, 0) is 39.2 Å². The molecule has 19 heavy (non-hydrogen) atoms. The van der Waals surface area contributed by atoms with Gasteiger partial charge >= 0.3 is 0 Å². The molecule has 0 atom stereocenters. The number of carbonyl (C=O) groups is 1. The third-order valence-electron chi connectivity index (χ3n) is 3.55. The lowest BCUT2D eigenvalue weighted by molar-refractivity contribution is 0.0971. The number of benzene rings is 1. The highest BCUT2D eigenvalue weighted by molar-refractivity contribution is 5.99. The fourth-order valence-electron chi connectivity index (χ4n) is 2.25. The Morgan fingerprint density at radius 3 is 2.89 bits per heavy atom. The summed E-state index contributed by atoms with van der Waals surface area (Å²) in [5.41, 5.74) is 1.47. The van der Waals surface area contributed by atoms with E-state index in [0.717, 1.165) is 29.7 Å². The maximum absolute atomic E-state index is 11.8. The smallest absolute Gasteiger partial charge is 0.163 e. The number of hydrogen-bond acceptors (Lipinski definition) is 3. The van der Waals surface area contributed by atoms with Crippen LogP contribution in [0, 0.1) is 16.7 Å². The highest BCUT2D eigenvalue weighted by Gasteiger charge is 2.21. The average molecular weight is 257 g/mol. The second-order valence-corrected chi connectivity index (χ2v) is 5.65. The molecule has 0 saturated heterocycles. The summed E-state index contributed by atoms with van der Waals surface area (Å²) in [5.74, 6) is 1.02. The van der Waals surface area contributed by atoms with E-state index in [1.54, 1.807) is 0 Å². The fraction of sp³-hybridized carbons (Fsp3) is 0.500. The van der Waals surface area contributed by atoms with Gasteiger partial charge in [-0.3, -0.25) is 4.79 Å². The van der Waals surface area contributed by atoms with Crippen molar-refractivity contribution in [2.24, 2.45) is 5.41 Å². The predicted octanol–water partition coefficient (Wildman–Crippen LogP) is 3.52. The van der Waals surface area contributed by atoms with Gasteiger partial charge in [0, 0.05) is 17.5 Å². The maximum Gasteiger partial charge on any atom is 0.163 e. The number of fused-ring (bicyclic) bond motifs is 1. The molecule has 0 bridgehead atoms. The van der Waals surface area contributed by atoms with E-state index in [-0.39, 0.29) is 11.2 Å². The van der Waals surface area contributed by atoms with E-state index in [4.69, 9.17) is 10.00 Å². The third kappa shape index (κ3) is 3.14.